The minimum atomic E-state index is -0.0836. The first-order chi connectivity index (χ1) is 36.1. The van der Waals surface area contributed by atoms with Crippen molar-refractivity contribution < 1.29 is 0 Å². The highest BCUT2D eigenvalue weighted by Crippen LogP contribution is 2.44. The van der Waals surface area contributed by atoms with E-state index >= 15 is 0 Å². The van der Waals surface area contributed by atoms with Gasteiger partial charge < -0.3 is 9.13 Å². The van der Waals surface area contributed by atoms with Crippen LogP contribution in [0.4, 0.5) is 0 Å². The topological polar surface area (TPSA) is 96.1 Å². The molecule has 8 aromatic carbocycles. The van der Waals surface area contributed by atoms with Crippen LogP contribution in [0.15, 0.2) is 164 Å². The second-order valence-corrected chi connectivity index (χ2v) is 24.5. The van der Waals surface area contributed by atoms with Crippen molar-refractivity contribution >= 4 is 43.6 Å². The summed E-state index contributed by atoms with van der Waals surface area (Å²) < 4.78 is 4.64. The molecule has 0 aliphatic carbocycles. The van der Waals surface area contributed by atoms with Crippen LogP contribution >= 0.6 is 0 Å². The summed E-state index contributed by atoms with van der Waals surface area (Å²) >= 11 is 0. The standard InChI is InChI=1S/C69H63N7/c1-66(2,3)46-24-30-57-53(36-46)54-37-47(67(4,5)6)25-31-58(54)75(57)61-34-42(40-70)22-28-51(61)64-72-63(43-18-14-13-15-19-43)73-65(74-64)52-29-23-44(50-21-17-16-20-45(50)41-71)35-62(52)76-59-32-26-48(68(7,8)9)38-55(59)56-39-49(69(10,11)12)27-33-60(56)76/h13-39H,1-12H3. The van der Waals surface area contributed by atoms with Crippen LogP contribution in [0.1, 0.15) is 116 Å². The molecule has 7 heteroatoms. The van der Waals surface area contributed by atoms with Crippen LogP contribution in [-0.4, -0.2) is 24.1 Å². The Morgan fingerprint density at radius 1 is 0.342 bits per heavy atom. The van der Waals surface area contributed by atoms with Crippen LogP contribution in [0.3, 0.4) is 0 Å². The number of hydrogen-bond donors (Lipinski definition) is 0. The van der Waals surface area contributed by atoms with Crippen LogP contribution in [0, 0.1) is 22.7 Å². The lowest BCUT2D eigenvalue weighted by molar-refractivity contribution is 0.590. The molecule has 11 aromatic rings. The van der Waals surface area contributed by atoms with E-state index in [4.69, 9.17) is 15.0 Å². The van der Waals surface area contributed by atoms with E-state index < -0.39 is 0 Å². The van der Waals surface area contributed by atoms with Crippen LogP contribution in [0.25, 0.3) is 100 Å². The molecule has 76 heavy (non-hydrogen) atoms. The Morgan fingerprint density at radius 2 is 0.737 bits per heavy atom. The fourth-order valence-corrected chi connectivity index (χ4v) is 10.6. The Balaban J connectivity index is 1.24. The molecule has 11 rings (SSSR count). The van der Waals surface area contributed by atoms with E-state index in [1.54, 1.807) is 0 Å². The molecule has 3 aromatic heterocycles. The minimum Gasteiger partial charge on any atom is -0.308 e. The van der Waals surface area contributed by atoms with Gasteiger partial charge >= 0.3 is 0 Å². The molecule has 0 saturated heterocycles. The second-order valence-electron chi connectivity index (χ2n) is 24.5. The van der Waals surface area contributed by atoms with Crippen molar-refractivity contribution in [2.75, 3.05) is 0 Å². The summed E-state index contributed by atoms with van der Waals surface area (Å²) in [4.78, 5) is 16.3. The first-order valence-corrected chi connectivity index (χ1v) is 26.3. The van der Waals surface area contributed by atoms with Gasteiger partial charge in [-0.2, -0.15) is 10.5 Å². The van der Waals surface area contributed by atoms with E-state index in [-0.39, 0.29) is 21.7 Å². The molecular formula is C69H63N7. The summed E-state index contributed by atoms with van der Waals surface area (Å²) in [6.07, 6.45) is 0. The zero-order valence-electron chi connectivity index (χ0n) is 45.7. The summed E-state index contributed by atoms with van der Waals surface area (Å²) in [7, 11) is 0. The third-order valence-electron chi connectivity index (χ3n) is 15.1. The minimum absolute atomic E-state index is 0.0780. The maximum Gasteiger partial charge on any atom is 0.166 e. The Morgan fingerprint density at radius 3 is 1.16 bits per heavy atom. The van der Waals surface area contributed by atoms with Crippen molar-refractivity contribution in [3.63, 3.8) is 0 Å². The molecule has 0 fully saturated rings. The summed E-state index contributed by atoms with van der Waals surface area (Å²) in [5.74, 6) is 1.46. The highest BCUT2D eigenvalue weighted by atomic mass is 15.1. The van der Waals surface area contributed by atoms with Crippen molar-refractivity contribution in [3.05, 3.63) is 197 Å². The molecule has 0 bridgehead atoms. The van der Waals surface area contributed by atoms with Gasteiger partial charge in [0.25, 0.3) is 0 Å². The largest absolute Gasteiger partial charge is 0.308 e. The summed E-state index contributed by atoms with van der Waals surface area (Å²) in [6.45, 7) is 27.1. The SMILES string of the molecule is CC(C)(C)c1ccc2c(c1)c1cc(C(C)(C)C)ccc1n2-c1cc(C#N)ccc1-c1nc(-c2ccccc2)nc(-c2ccc(-c3ccccc3C#N)cc2-n2c3ccc(C(C)(C)C)cc3c3cc(C(C)(C)C)ccc32)n1. The Hall–Kier alpha value is -8.65. The van der Waals surface area contributed by atoms with Crippen molar-refractivity contribution in [1.82, 2.24) is 24.1 Å². The lowest BCUT2D eigenvalue weighted by atomic mass is 9.85. The Bertz CT molecular complexity index is 4080. The average Bonchev–Trinajstić information content (AvgIpc) is 4.04. The number of rotatable bonds is 6. The molecule has 374 valence electrons. The molecule has 0 aliphatic rings. The molecule has 7 nitrogen and oxygen atoms in total. The summed E-state index contributed by atoms with van der Waals surface area (Å²) in [5.41, 5.74) is 15.7. The Kier molecular flexibility index (Phi) is 11.8. The van der Waals surface area contributed by atoms with Crippen LogP contribution in [0.5, 0.6) is 0 Å². The predicted molar refractivity (Wildman–Crippen MR) is 314 cm³/mol. The molecule has 3 heterocycles. The van der Waals surface area contributed by atoms with Crippen molar-refractivity contribution in [3.8, 4) is 68.8 Å². The monoisotopic (exact) mass is 990 g/mol. The maximum atomic E-state index is 10.6. The van der Waals surface area contributed by atoms with E-state index in [2.05, 4.69) is 195 Å². The van der Waals surface area contributed by atoms with E-state index in [9.17, 15) is 10.5 Å². The molecular weight excluding hydrogens is 927 g/mol. The molecule has 0 N–H and O–H groups in total. The van der Waals surface area contributed by atoms with Gasteiger partial charge in [-0.1, -0.05) is 162 Å². The number of fused-ring (bicyclic) bond motifs is 6. The van der Waals surface area contributed by atoms with Gasteiger partial charge in [-0.05, 0) is 140 Å². The van der Waals surface area contributed by atoms with Gasteiger partial charge in [-0.15, -0.1) is 0 Å². The molecule has 0 aliphatic heterocycles. The molecule has 0 radical (unpaired) electrons. The highest BCUT2D eigenvalue weighted by molar-refractivity contribution is 6.12. The summed E-state index contributed by atoms with van der Waals surface area (Å²) in [5, 5.41) is 25.6. The first kappa shape index (κ1) is 49.6. The summed E-state index contributed by atoms with van der Waals surface area (Å²) in [6, 6.07) is 62.2. The maximum absolute atomic E-state index is 10.6. The zero-order chi connectivity index (χ0) is 53.6. The smallest absolute Gasteiger partial charge is 0.166 e. The van der Waals surface area contributed by atoms with Gasteiger partial charge in [0.2, 0.25) is 0 Å². The van der Waals surface area contributed by atoms with Crippen molar-refractivity contribution in [2.45, 2.75) is 105 Å². The number of nitriles is 2. The van der Waals surface area contributed by atoms with Gasteiger partial charge in [0, 0.05) is 38.2 Å². The fourth-order valence-electron chi connectivity index (χ4n) is 10.6. The van der Waals surface area contributed by atoms with Gasteiger partial charge in [0.1, 0.15) is 0 Å². The van der Waals surface area contributed by atoms with Gasteiger partial charge in [0.15, 0.2) is 17.5 Å². The average molecular weight is 990 g/mol. The number of nitrogens with zero attached hydrogens (tertiary/aromatic N) is 7. The third kappa shape index (κ3) is 8.70. The van der Waals surface area contributed by atoms with Crippen LogP contribution in [0.2, 0.25) is 0 Å². The fraction of sp³-hybridized carbons (Fsp3) is 0.232. The lowest BCUT2D eigenvalue weighted by Gasteiger charge is -2.20. The van der Waals surface area contributed by atoms with Crippen molar-refractivity contribution in [1.29, 1.82) is 10.5 Å². The first-order valence-electron chi connectivity index (χ1n) is 26.3. The normalized spacial score (nSPS) is 12.4. The number of aromatic nitrogens is 5. The lowest BCUT2D eigenvalue weighted by Crippen LogP contribution is -2.10. The van der Waals surface area contributed by atoms with E-state index in [0.717, 1.165) is 82.8 Å². The molecule has 0 saturated carbocycles. The van der Waals surface area contributed by atoms with Crippen LogP contribution in [-0.2, 0) is 21.7 Å². The molecule has 0 unspecified atom stereocenters. The molecule has 0 atom stereocenters. The van der Waals surface area contributed by atoms with Gasteiger partial charge in [-0.3, -0.25) is 0 Å². The Labute approximate surface area is 446 Å². The van der Waals surface area contributed by atoms with Gasteiger partial charge in [-0.25, -0.2) is 15.0 Å². The number of benzene rings is 8. The predicted octanol–water partition coefficient (Wildman–Crippen LogP) is 17.7. The molecule has 0 spiro atoms. The zero-order valence-corrected chi connectivity index (χ0v) is 45.7. The van der Waals surface area contributed by atoms with E-state index in [1.165, 1.54) is 22.3 Å². The van der Waals surface area contributed by atoms with Crippen molar-refractivity contribution in [2.24, 2.45) is 0 Å². The second kappa shape index (κ2) is 18.0. The van der Waals surface area contributed by atoms with E-state index in [0.29, 0.717) is 28.6 Å². The van der Waals surface area contributed by atoms with E-state index in [1.807, 2.05) is 72.8 Å². The number of hydrogen-bond acceptors (Lipinski definition) is 5. The van der Waals surface area contributed by atoms with Gasteiger partial charge in [0.05, 0.1) is 56.7 Å². The quantitative estimate of drug-likeness (QED) is 0.165. The molecule has 0 amide bonds. The van der Waals surface area contributed by atoms with Crippen LogP contribution < -0.4 is 0 Å². The third-order valence-corrected chi connectivity index (χ3v) is 15.1. The highest BCUT2D eigenvalue weighted by Gasteiger charge is 2.27.